The molecular weight excluding hydrogens is 428 g/mol. The Kier molecular flexibility index (Phi) is 21.4. The van der Waals surface area contributed by atoms with Gasteiger partial charge in [-0.3, -0.25) is 0 Å². The third-order valence-corrected chi connectivity index (χ3v) is 3.86. The average molecular weight is 467 g/mol. The molecule has 0 aromatic carbocycles. The predicted molar refractivity (Wildman–Crippen MR) is 126 cm³/mol. The Morgan fingerprint density at radius 3 is 1.12 bits per heavy atom. The van der Waals surface area contributed by atoms with Crippen LogP contribution in [0.15, 0.2) is 49.6 Å². The van der Waals surface area contributed by atoms with Crippen LogP contribution in [0.3, 0.4) is 0 Å². The van der Waals surface area contributed by atoms with Gasteiger partial charge in [-0.15, -0.1) is 0 Å². The summed E-state index contributed by atoms with van der Waals surface area (Å²) in [6.07, 6.45) is 9.72. The van der Waals surface area contributed by atoms with Gasteiger partial charge in [0.2, 0.25) is 0 Å². The van der Waals surface area contributed by atoms with Crippen molar-refractivity contribution in [2.75, 3.05) is 26.4 Å². The number of carbonyl (C=O) groups excluding carboxylic acids is 4. The Bertz CT molecular complexity index is 607. The molecule has 0 aromatic rings. The molecule has 0 radical (unpaired) electrons. The Balaban J connectivity index is 0. The zero-order valence-electron chi connectivity index (χ0n) is 20.0. The Morgan fingerprint density at radius 2 is 0.848 bits per heavy atom. The van der Waals surface area contributed by atoms with E-state index < -0.39 is 11.9 Å². The highest BCUT2D eigenvalue weighted by atomic mass is 16.6. The van der Waals surface area contributed by atoms with E-state index in [1.54, 1.807) is 13.8 Å². The molecule has 0 saturated heterocycles. The summed E-state index contributed by atoms with van der Waals surface area (Å²) >= 11 is 0. The normalized spacial score (nSPS) is 9.39. The molecule has 33 heavy (non-hydrogen) atoms. The van der Waals surface area contributed by atoms with E-state index >= 15 is 0 Å². The zero-order chi connectivity index (χ0) is 25.5. The van der Waals surface area contributed by atoms with Gasteiger partial charge in [-0.1, -0.05) is 58.4 Å². The second-order valence-electron chi connectivity index (χ2n) is 7.05. The van der Waals surface area contributed by atoms with Gasteiger partial charge in [0.05, 0.1) is 13.2 Å². The number of esters is 4. The first kappa shape index (κ1) is 32.0. The van der Waals surface area contributed by atoms with Crippen LogP contribution in [0.5, 0.6) is 0 Å². The summed E-state index contributed by atoms with van der Waals surface area (Å²) in [4.78, 5) is 43.2. The topological polar surface area (TPSA) is 105 Å². The lowest BCUT2D eigenvalue weighted by Crippen LogP contribution is -2.14. The molecule has 8 heteroatoms. The quantitative estimate of drug-likeness (QED) is 0.134. The maximum Gasteiger partial charge on any atom is 0.333 e. The lowest BCUT2D eigenvalue weighted by molar-refractivity contribution is -0.147. The molecule has 0 rings (SSSR count). The van der Waals surface area contributed by atoms with E-state index in [-0.39, 0.29) is 25.2 Å². The first-order valence-electron chi connectivity index (χ1n) is 10.9. The molecule has 0 unspecified atom stereocenters. The van der Waals surface area contributed by atoms with Crippen LogP contribution in [0.4, 0.5) is 0 Å². The van der Waals surface area contributed by atoms with E-state index in [9.17, 15) is 19.2 Å². The number of rotatable bonds is 17. The number of ether oxygens (including phenoxy) is 4. The molecule has 0 fully saturated rings. The van der Waals surface area contributed by atoms with Crippen LogP contribution >= 0.6 is 0 Å². The van der Waals surface area contributed by atoms with Crippen molar-refractivity contribution in [2.24, 2.45) is 0 Å². The lowest BCUT2D eigenvalue weighted by atomic mass is 10.1. The summed E-state index contributed by atoms with van der Waals surface area (Å²) in [7, 11) is 0. The molecular formula is C25H38O8. The number of carbonyl (C=O) groups is 4. The molecule has 0 atom stereocenters. The summed E-state index contributed by atoms with van der Waals surface area (Å²) in [5, 5.41) is 0. The molecule has 186 valence electrons. The van der Waals surface area contributed by atoms with Gasteiger partial charge in [-0.25, -0.2) is 19.2 Å². The molecule has 0 aliphatic rings. The second kappa shape index (κ2) is 22.0. The fourth-order valence-corrected chi connectivity index (χ4v) is 2.07. The van der Waals surface area contributed by atoms with Gasteiger partial charge >= 0.3 is 23.9 Å². The van der Waals surface area contributed by atoms with E-state index in [1.165, 1.54) is 12.2 Å². The van der Waals surface area contributed by atoms with E-state index in [4.69, 9.17) is 9.47 Å². The molecule has 0 aliphatic heterocycles. The van der Waals surface area contributed by atoms with Crippen molar-refractivity contribution in [3.8, 4) is 0 Å². The molecule has 0 bridgehead atoms. The Morgan fingerprint density at radius 1 is 0.545 bits per heavy atom. The minimum atomic E-state index is -0.489. The van der Waals surface area contributed by atoms with Crippen LogP contribution in [0.2, 0.25) is 0 Å². The summed E-state index contributed by atoms with van der Waals surface area (Å²) in [6, 6.07) is 0. The van der Waals surface area contributed by atoms with Gasteiger partial charge in [0.25, 0.3) is 0 Å². The van der Waals surface area contributed by atoms with Gasteiger partial charge in [-0.2, -0.15) is 0 Å². The lowest BCUT2D eigenvalue weighted by Gasteiger charge is -2.05. The van der Waals surface area contributed by atoms with Crippen molar-refractivity contribution >= 4 is 23.9 Å². The second-order valence-corrected chi connectivity index (χ2v) is 7.05. The predicted octanol–water partition coefficient (Wildman–Crippen LogP) is 4.40. The van der Waals surface area contributed by atoms with Crippen molar-refractivity contribution in [1.82, 2.24) is 0 Å². The number of unbranched alkanes of at least 4 members (excludes halogenated alkanes) is 6. The van der Waals surface area contributed by atoms with E-state index in [0.717, 1.165) is 44.9 Å². The first-order chi connectivity index (χ1) is 15.6. The summed E-state index contributed by atoms with van der Waals surface area (Å²) < 4.78 is 19.1. The van der Waals surface area contributed by atoms with E-state index in [1.807, 2.05) is 0 Å². The molecule has 0 N–H and O–H groups in total. The van der Waals surface area contributed by atoms with E-state index in [0.29, 0.717) is 24.4 Å². The minimum absolute atomic E-state index is 0.0325. The van der Waals surface area contributed by atoms with E-state index in [2.05, 4.69) is 35.8 Å². The third kappa shape index (κ3) is 23.3. The van der Waals surface area contributed by atoms with Gasteiger partial charge < -0.3 is 18.9 Å². The maximum atomic E-state index is 10.8. The summed E-state index contributed by atoms with van der Waals surface area (Å²) in [6.45, 7) is 17.6. The minimum Gasteiger partial charge on any atom is -0.463 e. The van der Waals surface area contributed by atoms with Crippen LogP contribution in [0.25, 0.3) is 0 Å². The van der Waals surface area contributed by atoms with Gasteiger partial charge in [0.1, 0.15) is 13.2 Å². The van der Waals surface area contributed by atoms with Crippen LogP contribution in [-0.4, -0.2) is 50.3 Å². The highest BCUT2D eigenvalue weighted by Gasteiger charge is 2.05. The average Bonchev–Trinajstić information content (AvgIpc) is 2.79. The van der Waals surface area contributed by atoms with Crippen molar-refractivity contribution in [2.45, 2.75) is 58.8 Å². The summed E-state index contributed by atoms with van der Waals surface area (Å²) in [5.41, 5.74) is 0.632. The highest BCUT2D eigenvalue weighted by molar-refractivity contribution is 5.87. The van der Waals surface area contributed by atoms with Crippen molar-refractivity contribution in [3.63, 3.8) is 0 Å². The monoisotopic (exact) mass is 466 g/mol. The molecule has 0 spiro atoms. The standard InChI is InChI=1S/C15H24O4.C10H14O4/c1-3-14(16)18-12-10-8-6-5-7-9-11-13-19-15(17)4-2;1-7(2)9(11)13-5-6-14-10(12)8(3)4/h3-4H,1-2,5-13H2;1,3,5-6H2,2,4H3. The maximum absolute atomic E-state index is 10.8. The van der Waals surface area contributed by atoms with Crippen LogP contribution in [0, 0.1) is 0 Å². The van der Waals surface area contributed by atoms with Crippen LogP contribution < -0.4 is 0 Å². The number of hydrogen-bond acceptors (Lipinski definition) is 8. The fourth-order valence-electron chi connectivity index (χ4n) is 2.07. The molecule has 0 heterocycles. The Labute approximate surface area is 197 Å². The van der Waals surface area contributed by atoms with Gasteiger partial charge in [0.15, 0.2) is 0 Å². The molecule has 0 aliphatic carbocycles. The molecule has 0 aromatic heterocycles. The number of hydrogen-bond donors (Lipinski definition) is 0. The zero-order valence-corrected chi connectivity index (χ0v) is 20.0. The largest absolute Gasteiger partial charge is 0.463 e. The first-order valence-corrected chi connectivity index (χ1v) is 10.9. The molecule has 8 nitrogen and oxygen atoms in total. The smallest absolute Gasteiger partial charge is 0.333 e. The fraction of sp³-hybridized carbons (Fsp3) is 0.520. The van der Waals surface area contributed by atoms with Crippen molar-refractivity contribution in [3.05, 3.63) is 49.6 Å². The Hall–Kier alpha value is -3.16. The van der Waals surface area contributed by atoms with Crippen LogP contribution in [0.1, 0.15) is 58.8 Å². The SMILES string of the molecule is C=C(C)C(=O)OCCOC(=O)C(=C)C.C=CC(=O)OCCCCCCCCCOC(=O)C=C. The molecule has 0 saturated carbocycles. The van der Waals surface area contributed by atoms with Crippen molar-refractivity contribution < 1.29 is 38.1 Å². The highest BCUT2D eigenvalue weighted by Crippen LogP contribution is 2.07. The van der Waals surface area contributed by atoms with Crippen molar-refractivity contribution in [1.29, 1.82) is 0 Å². The summed E-state index contributed by atoms with van der Waals surface area (Å²) in [5.74, 6) is -1.68. The molecule has 0 amide bonds. The van der Waals surface area contributed by atoms with Gasteiger partial charge in [-0.05, 0) is 26.7 Å². The van der Waals surface area contributed by atoms with Crippen LogP contribution in [-0.2, 0) is 38.1 Å². The third-order valence-electron chi connectivity index (χ3n) is 3.86. The van der Waals surface area contributed by atoms with Gasteiger partial charge in [0, 0.05) is 23.3 Å².